The number of ether oxygens (including phenoxy) is 2. The Morgan fingerprint density at radius 2 is 2.25 bits per heavy atom. The largest absolute Gasteiger partial charge is 0.388 e. The van der Waals surface area contributed by atoms with Gasteiger partial charge >= 0.3 is 0 Å². The molecule has 2 saturated heterocycles. The maximum atomic E-state index is 10.7. The zero-order valence-corrected chi connectivity index (χ0v) is 11.9. The highest BCUT2D eigenvalue weighted by atomic mass is 16.6. The van der Waals surface area contributed by atoms with Crippen molar-refractivity contribution in [3.8, 4) is 0 Å². The van der Waals surface area contributed by atoms with E-state index in [1.54, 1.807) is 20.3 Å². The van der Waals surface area contributed by atoms with Gasteiger partial charge in [-0.15, -0.1) is 0 Å². The van der Waals surface area contributed by atoms with Crippen LogP contribution >= 0.6 is 0 Å². The molecule has 0 saturated carbocycles. The van der Waals surface area contributed by atoms with Crippen LogP contribution in [-0.2, 0) is 9.47 Å². The Morgan fingerprint density at radius 3 is 2.85 bits per heavy atom. The maximum absolute atomic E-state index is 10.7. The van der Waals surface area contributed by atoms with E-state index >= 15 is 0 Å². The molecule has 2 aliphatic heterocycles. The van der Waals surface area contributed by atoms with Crippen molar-refractivity contribution >= 4 is 12.1 Å². The second kappa shape index (κ2) is 6.30. The van der Waals surface area contributed by atoms with Gasteiger partial charge in [-0.05, 0) is 18.6 Å². The van der Waals surface area contributed by atoms with Gasteiger partial charge in [-0.1, -0.05) is 6.07 Å². The zero-order chi connectivity index (χ0) is 14.6. The summed E-state index contributed by atoms with van der Waals surface area (Å²) in [7, 11) is 3.25. The molecule has 1 aromatic heterocycles. The lowest BCUT2D eigenvalue weighted by Gasteiger charge is -2.35. The summed E-state index contributed by atoms with van der Waals surface area (Å²) in [5.41, 5.74) is 6.42. The van der Waals surface area contributed by atoms with Crippen LogP contribution in [0.5, 0.6) is 0 Å². The molecule has 6 heteroatoms. The van der Waals surface area contributed by atoms with Crippen LogP contribution in [-0.4, -0.2) is 56.8 Å². The van der Waals surface area contributed by atoms with Crippen molar-refractivity contribution in [3.63, 3.8) is 0 Å². The number of carbonyl (C=O) groups is 1. The fourth-order valence-electron chi connectivity index (χ4n) is 2.47. The first-order valence-corrected chi connectivity index (χ1v) is 6.59. The molecule has 0 aromatic carbocycles. The Hall–Kier alpha value is -1.50. The standard InChI is InChI=1S/C12H15N3O2.C2H6O/c13-9-4-12(8-17-12)7-15(5-9)11-3-1-2-10(6-16)14-11;1-3-2/h1-3,6,9H,4-5,7-8,13H2;1-2H3. The molecule has 110 valence electrons. The van der Waals surface area contributed by atoms with Gasteiger partial charge < -0.3 is 20.1 Å². The zero-order valence-electron chi connectivity index (χ0n) is 11.9. The molecule has 6 nitrogen and oxygen atoms in total. The molecule has 0 aliphatic carbocycles. The lowest BCUT2D eigenvalue weighted by Crippen LogP contribution is -2.51. The van der Waals surface area contributed by atoms with Crippen LogP contribution < -0.4 is 10.6 Å². The van der Waals surface area contributed by atoms with Crippen LogP contribution in [0.2, 0.25) is 0 Å². The summed E-state index contributed by atoms with van der Waals surface area (Å²) in [6.45, 7) is 2.36. The summed E-state index contributed by atoms with van der Waals surface area (Å²) in [5.74, 6) is 0.805. The Balaban J connectivity index is 0.000000452. The maximum Gasteiger partial charge on any atom is 0.168 e. The topological polar surface area (TPSA) is 81.0 Å². The van der Waals surface area contributed by atoms with Crippen molar-refractivity contribution in [3.05, 3.63) is 23.9 Å². The molecule has 2 fully saturated rings. The molecular weight excluding hydrogens is 258 g/mol. The van der Waals surface area contributed by atoms with Crippen molar-refractivity contribution in [1.82, 2.24) is 4.98 Å². The summed E-state index contributed by atoms with van der Waals surface area (Å²) < 4.78 is 9.75. The third-order valence-electron chi connectivity index (χ3n) is 3.32. The number of rotatable bonds is 2. The predicted octanol–water partition coefficient (Wildman–Crippen LogP) is 0.463. The second-order valence-electron chi connectivity index (χ2n) is 5.26. The number of piperidine rings is 1. The number of aromatic nitrogens is 1. The first-order chi connectivity index (χ1) is 9.62. The van der Waals surface area contributed by atoms with Crippen LogP contribution in [0.15, 0.2) is 18.2 Å². The van der Waals surface area contributed by atoms with Gasteiger partial charge in [-0.2, -0.15) is 0 Å². The molecule has 2 aliphatic rings. The van der Waals surface area contributed by atoms with Gasteiger partial charge in [0.1, 0.15) is 17.1 Å². The normalized spacial score (nSPS) is 27.8. The highest BCUT2D eigenvalue weighted by molar-refractivity contribution is 5.72. The Bertz CT molecular complexity index is 463. The van der Waals surface area contributed by atoms with Gasteiger partial charge in [0.05, 0.1) is 13.2 Å². The number of anilines is 1. The van der Waals surface area contributed by atoms with Gasteiger partial charge in [-0.3, -0.25) is 4.79 Å². The first-order valence-electron chi connectivity index (χ1n) is 6.59. The smallest absolute Gasteiger partial charge is 0.168 e. The SMILES string of the molecule is COC.NC1CN(c2cccc(C=O)n2)CC2(CO2)C1. The van der Waals surface area contributed by atoms with Gasteiger partial charge in [0, 0.05) is 26.8 Å². The van der Waals surface area contributed by atoms with E-state index in [0.29, 0.717) is 5.69 Å². The van der Waals surface area contributed by atoms with Crippen molar-refractivity contribution in [1.29, 1.82) is 0 Å². The Morgan fingerprint density at radius 1 is 1.55 bits per heavy atom. The van der Waals surface area contributed by atoms with Crippen molar-refractivity contribution in [2.75, 3.05) is 38.8 Å². The van der Waals surface area contributed by atoms with Gasteiger partial charge in [-0.25, -0.2) is 4.98 Å². The summed E-state index contributed by atoms with van der Waals surface area (Å²) in [4.78, 5) is 17.1. The summed E-state index contributed by atoms with van der Waals surface area (Å²) >= 11 is 0. The minimum Gasteiger partial charge on any atom is -0.388 e. The van der Waals surface area contributed by atoms with E-state index in [-0.39, 0.29) is 11.6 Å². The monoisotopic (exact) mass is 279 g/mol. The molecule has 3 rings (SSSR count). The minimum atomic E-state index is -0.0590. The van der Waals surface area contributed by atoms with Crippen LogP contribution in [0.4, 0.5) is 5.82 Å². The molecular formula is C14H21N3O3. The summed E-state index contributed by atoms with van der Waals surface area (Å²) in [6.07, 6.45) is 1.67. The van der Waals surface area contributed by atoms with E-state index < -0.39 is 0 Å². The fourth-order valence-corrected chi connectivity index (χ4v) is 2.47. The predicted molar refractivity (Wildman–Crippen MR) is 76.0 cm³/mol. The van der Waals surface area contributed by atoms with Crippen LogP contribution in [0.3, 0.4) is 0 Å². The lowest BCUT2D eigenvalue weighted by molar-refractivity contribution is 0.111. The molecule has 20 heavy (non-hydrogen) atoms. The Labute approximate surface area is 118 Å². The molecule has 2 unspecified atom stereocenters. The second-order valence-corrected chi connectivity index (χ2v) is 5.26. The van der Waals surface area contributed by atoms with E-state index in [1.165, 1.54) is 0 Å². The Kier molecular flexibility index (Phi) is 4.69. The number of epoxide rings is 1. The van der Waals surface area contributed by atoms with E-state index in [1.807, 2.05) is 12.1 Å². The van der Waals surface area contributed by atoms with Crippen molar-refractivity contribution in [2.45, 2.75) is 18.1 Å². The number of methoxy groups -OCH3 is 1. The third-order valence-corrected chi connectivity index (χ3v) is 3.32. The van der Waals surface area contributed by atoms with Crippen LogP contribution in [0.25, 0.3) is 0 Å². The molecule has 2 atom stereocenters. The number of pyridine rings is 1. The molecule has 1 spiro atoms. The van der Waals surface area contributed by atoms with Crippen LogP contribution in [0.1, 0.15) is 16.9 Å². The first kappa shape index (κ1) is 14.9. The van der Waals surface area contributed by atoms with E-state index in [9.17, 15) is 4.79 Å². The van der Waals surface area contributed by atoms with Gasteiger partial charge in [0.25, 0.3) is 0 Å². The fraction of sp³-hybridized carbons (Fsp3) is 0.571. The van der Waals surface area contributed by atoms with Crippen LogP contribution in [0, 0.1) is 0 Å². The molecule has 0 bridgehead atoms. The van der Waals surface area contributed by atoms with Gasteiger partial charge in [0.2, 0.25) is 0 Å². The van der Waals surface area contributed by atoms with E-state index in [4.69, 9.17) is 10.5 Å². The average Bonchev–Trinajstić information content (AvgIpc) is 3.17. The molecule has 3 heterocycles. The number of nitrogens with two attached hydrogens (primary N) is 1. The minimum absolute atomic E-state index is 0.0590. The highest BCUT2D eigenvalue weighted by Gasteiger charge is 2.50. The lowest BCUT2D eigenvalue weighted by atomic mass is 9.95. The highest BCUT2D eigenvalue weighted by Crippen LogP contribution is 2.37. The number of hydrogen-bond acceptors (Lipinski definition) is 6. The average molecular weight is 279 g/mol. The number of nitrogens with zero attached hydrogens (tertiary/aromatic N) is 2. The summed E-state index contributed by atoms with van der Waals surface area (Å²) in [6, 6.07) is 5.55. The number of hydrogen-bond donors (Lipinski definition) is 1. The third kappa shape index (κ3) is 3.53. The molecule has 0 amide bonds. The molecule has 0 radical (unpaired) electrons. The number of carbonyl (C=O) groups excluding carboxylic acids is 1. The summed E-state index contributed by atoms with van der Waals surface area (Å²) in [5, 5.41) is 0. The molecule has 2 N–H and O–H groups in total. The van der Waals surface area contributed by atoms with E-state index in [0.717, 1.165) is 38.2 Å². The van der Waals surface area contributed by atoms with Crippen molar-refractivity contribution < 1.29 is 14.3 Å². The molecule has 1 aromatic rings. The quantitative estimate of drug-likeness (QED) is 0.626. The van der Waals surface area contributed by atoms with Gasteiger partial charge in [0.15, 0.2) is 6.29 Å². The number of aldehydes is 1. The van der Waals surface area contributed by atoms with E-state index in [2.05, 4.69) is 14.6 Å². The van der Waals surface area contributed by atoms with Crippen molar-refractivity contribution in [2.24, 2.45) is 5.73 Å².